The first-order valence-corrected chi connectivity index (χ1v) is 10.5. The van der Waals surface area contributed by atoms with Gasteiger partial charge in [-0.15, -0.1) is 0 Å². The van der Waals surface area contributed by atoms with Crippen LogP contribution in [0.5, 0.6) is 0 Å². The summed E-state index contributed by atoms with van der Waals surface area (Å²) < 4.78 is 27.7. The van der Waals surface area contributed by atoms with E-state index in [0.717, 1.165) is 32.2 Å². The fraction of sp³-hybridized carbons (Fsp3) is 1.00. The maximum atomic E-state index is 12.9. The molecule has 21 heavy (non-hydrogen) atoms. The third kappa shape index (κ3) is 4.93. The Labute approximate surface area is 130 Å². The molecule has 1 N–H and O–H groups in total. The summed E-state index contributed by atoms with van der Waals surface area (Å²) in [5.74, 6) is 0.258. The molecule has 0 saturated heterocycles. The van der Waals surface area contributed by atoms with E-state index >= 15 is 0 Å². The molecule has 0 radical (unpaired) electrons. The second-order valence-corrected chi connectivity index (χ2v) is 8.58. The minimum Gasteiger partial charge on any atom is -0.316 e. The van der Waals surface area contributed by atoms with Crippen molar-refractivity contribution in [2.24, 2.45) is 0 Å². The Morgan fingerprint density at radius 1 is 0.905 bits per heavy atom. The van der Waals surface area contributed by atoms with Gasteiger partial charge in [0, 0.05) is 18.6 Å². The van der Waals surface area contributed by atoms with E-state index in [1.54, 1.807) is 0 Å². The Bertz CT molecular complexity index is 367. The highest BCUT2D eigenvalue weighted by atomic mass is 32.2. The molecule has 2 fully saturated rings. The first-order chi connectivity index (χ1) is 10.1. The summed E-state index contributed by atoms with van der Waals surface area (Å²) in [4.78, 5) is 0. The van der Waals surface area contributed by atoms with Gasteiger partial charge in [-0.3, -0.25) is 0 Å². The Morgan fingerprint density at radius 2 is 1.38 bits per heavy atom. The first-order valence-electron chi connectivity index (χ1n) is 8.87. The first kappa shape index (κ1) is 17.2. The van der Waals surface area contributed by atoms with Crippen molar-refractivity contribution < 1.29 is 8.42 Å². The van der Waals surface area contributed by atoms with Gasteiger partial charge in [-0.1, -0.05) is 45.4 Å². The second-order valence-electron chi connectivity index (χ2n) is 6.58. The van der Waals surface area contributed by atoms with Gasteiger partial charge in [-0.2, -0.15) is 4.31 Å². The van der Waals surface area contributed by atoms with Crippen LogP contribution in [-0.2, 0) is 10.0 Å². The molecule has 2 aliphatic carbocycles. The van der Waals surface area contributed by atoms with E-state index in [4.69, 9.17) is 0 Å². The second kappa shape index (κ2) is 8.49. The van der Waals surface area contributed by atoms with Crippen LogP contribution in [0.2, 0.25) is 0 Å². The van der Waals surface area contributed by atoms with Crippen molar-refractivity contribution in [2.75, 3.05) is 18.8 Å². The monoisotopic (exact) mass is 316 g/mol. The third-order valence-corrected chi connectivity index (χ3v) is 6.94. The average Bonchev–Trinajstić information content (AvgIpc) is 2.49. The third-order valence-electron chi connectivity index (χ3n) is 4.98. The van der Waals surface area contributed by atoms with Crippen molar-refractivity contribution in [3.8, 4) is 0 Å². The lowest BCUT2D eigenvalue weighted by atomic mass is 9.91. The van der Waals surface area contributed by atoms with Crippen molar-refractivity contribution in [3.63, 3.8) is 0 Å². The molecule has 0 aliphatic heterocycles. The van der Waals surface area contributed by atoms with Crippen LogP contribution >= 0.6 is 0 Å². The molecule has 0 aromatic heterocycles. The number of sulfonamides is 1. The quantitative estimate of drug-likeness (QED) is 0.735. The van der Waals surface area contributed by atoms with Gasteiger partial charge in [0.15, 0.2) is 0 Å². The van der Waals surface area contributed by atoms with Crippen LogP contribution in [-0.4, -0.2) is 43.6 Å². The van der Waals surface area contributed by atoms with E-state index in [-0.39, 0.29) is 17.8 Å². The fourth-order valence-corrected chi connectivity index (χ4v) is 5.85. The number of hydrogen-bond acceptors (Lipinski definition) is 3. The highest BCUT2D eigenvalue weighted by Crippen LogP contribution is 2.32. The lowest BCUT2D eigenvalue weighted by Gasteiger charge is -2.40. The summed E-state index contributed by atoms with van der Waals surface area (Å²) in [6.07, 6.45) is 11.6. The van der Waals surface area contributed by atoms with Crippen LogP contribution in [0.1, 0.15) is 71.1 Å². The molecular weight excluding hydrogens is 284 g/mol. The van der Waals surface area contributed by atoms with Gasteiger partial charge in [0.2, 0.25) is 10.0 Å². The zero-order chi connectivity index (χ0) is 15.1. The average molecular weight is 317 g/mol. The highest BCUT2D eigenvalue weighted by molar-refractivity contribution is 7.89. The van der Waals surface area contributed by atoms with E-state index in [2.05, 4.69) is 5.32 Å². The summed E-state index contributed by atoms with van der Waals surface area (Å²) >= 11 is 0. The van der Waals surface area contributed by atoms with E-state index in [9.17, 15) is 8.42 Å². The van der Waals surface area contributed by atoms with Gasteiger partial charge in [0.1, 0.15) is 0 Å². The molecule has 5 heteroatoms. The lowest BCUT2D eigenvalue weighted by molar-refractivity contribution is 0.170. The molecule has 0 unspecified atom stereocenters. The standard InChI is InChI=1S/C16H32N2O2S/c1-2-17-13-14-21(19,20)18(15-9-5-3-6-10-15)16-11-7-4-8-12-16/h15-17H,2-14H2,1H3. The number of nitrogens with zero attached hydrogens (tertiary/aromatic N) is 1. The molecule has 0 heterocycles. The van der Waals surface area contributed by atoms with Crippen LogP contribution in [0.3, 0.4) is 0 Å². The number of rotatable bonds is 7. The van der Waals surface area contributed by atoms with Gasteiger partial charge in [0.25, 0.3) is 0 Å². The number of hydrogen-bond donors (Lipinski definition) is 1. The van der Waals surface area contributed by atoms with Gasteiger partial charge in [-0.05, 0) is 32.2 Å². The molecule has 2 aliphatic rings. The highest BCUT2D eigenvalue weighted by Gasteiger charge is 2.36. The van der Waals surface area contributed by atoms with Crippen molar-refractivity contribution in [2.45, 2.75) is 83.2 Å². The van der Waals surface area contributed by atoms with Gasteiger partial charge in [-0.25, -0.2) is 8.42 Å². The molecule has 0 aromatic rings. The minimum atomic E-state index is -3.12. The molecule has 0 aromatic carbocycles. The van der Waals surface area contributed by atoms with Crippen LogP contribution in [0.4, 0.5) is 0 Å². The lowest BCUT2D eigenvalue weighted by Crippen LogP contribution is -2.50. The summed E-state index contributed by atoms with van der Waals surface area (Å²) in [6.45, 7) is 3.43. The Hall–Kier alpha value is -0.130. The predicted octanol–water partition coefficient (Wildman–Crippen LogP) is 2.89. The van der Waals surface area contributed by atoms with E-state index in [1.165, 1.54) is 38.5 Å². The van der Waals surface area contributed by atoms with Crippen molar-refractivity contribution in [1.82, 2.24) is 9.62 Å². The van der Waals surface area contributed by atoms with Crippen molar-refractivity contribution in [3.05, 3.63) is 0 Å². The van der Waals surface area contributed by atoms with Gasteiger partial charge >= 0.3 is 0 Å². The molecule has 0 atom stereocenters. The van der Waals surface area contributed by atoms with Crippen molar-refractivity contribution >= 4 is 10.0 Å². The zero-order valence-electron chi connectivity index (χ0n) is 13.5. The summed E-state index contributed by atoms with van der Waals surface area (Å²) in [5, 5.41) is 3.16. The maximum Gasteiger partial charge on any atom is 0.215 e. The smallest absolute Gasteiger partial charge is 0.215 e. The van der Waals surface area contributed by atoms with Crippen LogP contribution in [0, 0.1) is 0 Å². The summed E-state index contributed by atoms with van der Waals surface area (Å²) in [5.41, 5.74) is 0. The molecule has 0 amide bonds. The van der Waals surface area contributed by atoms with Crippen LogP contribution in [0.15, 0.2) is 0 Å². The van der Waals surface area contributed by atoms with E-state index in [1.807, 2.05) is 11.2 Å². The Balaban J connectivity index is 2.09. The van der Waals surface area contributed by atoms with Crippen molar-refractivity contribution in [1.29, 1.82) is 0 Å². The van der Waals surface area contributed by atoms with Gasteiger partial charge in [0.05, 0.1) is 5.75 Å². The molecular formula is C16H32N2O2S. The zero-order valence-corrected chi connectivity index (χ0v) is 14.3. The normalized spacial score (nSPS) is 22.8. The topological polar surface area (TPSA) is 49.4 Å². The minimum absolute atomic E-state index is 0.258. The largest absolute Gasteiger partial charge is 0.316 e. The molecule has 4 nitrogen and oxygen atoms in total. The van der Waals surface area contributed by atoms with E-state index < -0.39 is 10.0 Å². The fourth-order valence-electron chi connectivity index (χ4n) is 3.91. The predicted molar refractivity (Wildman–Crippen MR) is 87.9 cm³/mol. The summed E-state index contributed by atoms with van der Waals surface area (Å²) in [6, 6.07) is 0.543. The SMILES string of the molecule is CCNCCS(=O)(=O)N(C1CCCCC1)C1CCCCC1. The molecule has 2 rings (SSSR count). The molecule has 124 valence electrons. The molecule has 0 spiro atoms. The Kier molecular flexibility index (Phi) is 6.96. The van der Waals surface area contributed by atoms with Crippen LogP contribution < -0.4 is 5.32 Å². The van der Waals surface area contributed by atoms with Gasteiger partial charge < -0.3 is 5.32 Å². The summed E-state index contributed by atoms with van der Waals surface area (Å²) in [7, 11) is -3.12. The molecule has 2 saturated carbocycles. The maximum absolute atomic E-state index is 12.9. The van der Waals surface area contributed by atoms with Crippen LogP contribution in [0.25, 0.3) is 0 Å². The Morgan fingerprint density at radius 3 is 1.81 bits per heavy atom. The number of nitrogens with one attached hydrogen (secondary N) is 1. The molecule has 0 bridgehead atoms. The van der Waals surface area contributed by atoms with E-state index in [0.29, 0.717) is 6.54 Å².